The third-order valence-corrected chi connectivity index (χ3v) is 11.0. The average Bonchev–Trinajstić information content (AvgIpc) is 3.70. The van der Waals surface area contributed by atoms with Crippen molar-refractivity contribution in [3.05, 3.63) is 146 Å². The van der Waals surface area contributed by atoms with Gasteiger partial charge in [0.25, 0.3) is 0 Å². The van der Waals surface area contributed by atoms with Gasteiger partial charge in [-0.2, -0.15) is 0 Å². The minimum atomic E-state index is 0.914. The molecule has 3 heteroatoms. The molecular formula is C44H24O2S. The van der Waals surface area contributed by atoms with Crippen molar-refractivity contribution in [3.63, 3.8) is 0 Å². The fourth-order valence-electron chi connectivity index (χ4n) is 7.77. The van der Waals surface area contributed by atoms with Crippen LogP contribution in [-0.4, -0.2) is 0 Å². The van der Waals surface area contributed by atoms with E-state index < -0.39 is 0 Å². The van der Waals surface area contributed by atoms with Gasteiger partial charge in [-0.3, -0.25) is 0 Å². The van der Waals surface area contributed by atoms with Gasteiger partial charge >= 0.3 is 0 Å². The summed E-state index contributed by atoms with van der Waals surface area (Å²) >= 11 is 1.86. The molecule has 8 aromatic carbocycles. The summed E-state index contributed by atoms with van der Waals surface area (Å²) in [4.78, 5) is 0. The SMILES string of the molecule is c1ccc2c(c1)Oc1ccc(-c3ccc4c(c3)sc3cc(-c5cccc6oc7ccc8ccccc8c7c56)ccc34)c3cccc-2c13. The number of fused-ring (bicyclic) bond motifs is 10. The predicted molar refractivity (Wildman–Crippen MR) is 198 cm³/mol. The molecule has 0 radical (unpaired) electrons. The summed E-state index contributed by atoms with van der Waals surface area (Å²) in [6.45, 7) is 0. The van der Waals surface area contributed by atoms with Gasteiger partial charge in [0.05, 0.1) is 0 Å². The van der Waals surface area contributed by atoms with E-state index in [0.29, 0.717) is 0 Å². The standard InChI is InChI=1S/C44H24O2S/c1-2-8-29-25(7-1)17-21-39-43(29)44-30(10-6-14-37(44)46-39)27-16-19-33-32-18-15-26(23-40(32)47-41(33)24-27)28-20-22-38-42-34(28)11-5-12-35(42)31-9-3-4-13-36(31)45-38/h1-24H. The minimum absolute atomic E-state index is 0.914. The van der Waals surface area contributed by atoms with Gasteiger partial charge in [0.2, 0.25) is 0 Å². The second-order valence-corrected chi connectivity index (χ2v) is 13.5. The number of ether oxygens (including phenoxy) is 1. The molecule has 1 aliphatic rings. The molecule has 0 unspecified atom stereocenters. The second-order valence-electron chi connectivity index (χ2n) is 12.4. The van der Waals surface area contributed by atoms with E-state index in [9.17, 15) is 0 Å². The third kappa shape index (κ3) is 3.55. The summed E-state index contributed by atoms with van der Waals surface area (Å²) in [7, 11) is 0. The predicted octanol–water partition coefficient (Wildman–Crippen LogP) is 13.4. The molecule has 1 aliphatic heterocycles. The molecule has 11 rings (SSSR count). The van der Waals surface area contributed by atoms with Gasteiger partial charge in [0.15, 0.2) is 0 Å². The Hall–Kier alpha value is -5.90. The summed E-state index contributed by atoms with van der Waals surface area (Å²) in [5.41, 5.74) is 9.06. The lowest BCUT2D eigenvalue weighted by Gasteiger charge is -2.22. The zero-order chi connectivity index (χ0) is 30.6. The van der Waals surface area contributed by atoms with E-state index in [2.05, 4.69) is 133 Å². The highest BCUT2D eigenvalue weighted by Gasteiger charge is 2.22. The molecule has 0 spiro atoms. The lowest BCUT2D eigenvalue weighted by atomic mass is 9.90. The van der Waals surface area contributed by atoms with E-state index in [1.807, 2.05) is 23.5 Å². The molecule has 0 atom stereocenters. The monoisotopic (exact) mass is 616 g/mol. The van der Waals surface area contributed by atoms with Crippen molar-refractivity contribution < 1.29 is 9.15 Å². The van der Waals surface area contributed by atoms with E-state index >= 15 is 0 Å². The lowest BCUT2D eigenvalue weighted by molar-refractivity contribution is 0.487. The van der Waals surface area contributed by atoms with Crippen LogP contribution in [0.1, 0.15) is 0 Å². The lowest BCUT2D eigenvalue weighted by Crippen LogP contribution is -1.97. The number of furan rings is 1. The van der Waals surface area contributed by atoms with Crippen molar-refractivity contribution in [2.45, 2.75) is 0 Å². The van der Waals surface area contributed by atoms with Crippen molar-refractivity contribution in [1.29, 1.82) is 0 Å². The van der Waals surface area contributed by atoms with Crippen LogP contribution in [0.15, 0.2) is 150 Å². The fraction of sp³-hybridized carbons (Fsp3) is 0. The smallest absolute Gasteiger partial charge is 0.136 e. The van der Waals surface area contributed by atoms with Crippen molar-refractivity contribution in [2.24, 2.45) is 0 Å². The number of benzene rings is 8. The molecule has 0 bridgehead atoms. The minimum Gasteiger partial charge on any atom is -0.456 e. The van der Waals surface area contributed by atoms with E-state index in [1.54, 1.807) is 0 Å². The molecule has 0 saturated carbocycles. The molecule has 2 aromatic heterocycles. The van der Waals surface area contributed by atoms with Gasteiger partial charge in [-0.1, -0.05) is 109 Å². The van der Waals surface area contributed by atoms with Crippen LogP contribution in [0.3, 0.4) is 0 Å². The van der Waals surface area contributed by atoms with Gasteiger partial charge in [0.1, 0.15) is 22.7 Å². The number of hydrogen-bond donors (Lipinski definition) is 0. The van der Waals surface area contributed by atoms with Crippen molar-refractivity contribution in [1.82, 2.24) is 0 Å². The summed E-state index contributed by atoms with van der Waals surface area (Å²) in [5.74, 6) is 1.83. The molecule has 0 aliphatic carbocycles. The topological polar surface area (TPSA) is 22.4 Å². The van der Waals surface area contributed by atoms with Crippen LogP contribution < -0.4 is 4.74 Å². The number of thiophene rings is 1. The largest absolute Gasteiger partial charge is 0.456 e. The van der Waals surface area contributed by atoms with Gasteiger partial charge in [0, 0.05) is 41.9 Å². The van der Waals surface area contributed by atoms with Gasteiger partial charge < -0.3 is 9.15 Å². The molecule has 0 fully saturated rings. The number of rotatable bonds is 2. The van der Waals surface area contributed by atoms with Crippen LogP contribution in [0.2, 0.25) is 0 Å². The zero-order valence-electron chi connectivity index (χ0n) is 25.1. The third-order valence-electron chi connectivity index (χ3n) is 9.88. The van der Waals surface area contributed by atoms with Crippen LogP contribution in [0.5, 0.6) is 11.5 Å². The highest BCUT2D eigenvalue weighted by Crippen LogP contribution is 2.49. The maximum atomic E-state index is 6.38. The zero-order valence-corrected chi connectivity index (χ0v) is 25.9. The Balaban J connectivity index is 1.08. The molecule has 47 heavy (non-hydrogen) atoms. The van der Waals surface area contributed by atoms with Crippen LogP contribution in [-0.2, 0) is 0 Å². The van der Waals surface area contributed by atoms with Crippen LogP contribution in [0, 0.1) is 0 Å². The van der Waals surface area contributed by atoms with Crippen LogP contribution in [0.25, 0.3) is 97.0 Å². The fourth-order valence-corrected chi connectivity index (χ4v) is 8.96. The molecular weight excluding hydrogens is 593 g/mol. The highest BCUT2D eigenvalue weighted by molar-refractivity contribution is 7.25. The first-order valence-electron chi connectivity index (χ1n) is 15.9. The Morgan fingerprint density at radius 3 is 1.98 bits per heavy atom. The van der Waals surface area contributed by atoms with Gasteiger partial charge in [-0.15, -0.1) is 11.3 Å². The maximum Gasteiger partial charge on any atom is 0.136 e. The molecule has 0 saturated heterocycles. The maximum absolute atomic E-state index is 6.38. The average molecular weight is 617 g/mol. The van der Waals surface area contributed by atoms with Crippen molar-refractivity contribution in [3.8, 4) is 44.9 Å². The summed E-state index contributed by atoms with van der Waals surface area (Å²) < 4.78 is 15.3. The Labute approximate surface area is 273 Å². The molecule has 0 N–H and O–H groups in total. The number of hydrogen-bond acceptors (Lipinski definition) is 3. The first-order chi connectivity index (χ1) is 23.3. The Kier molecular flexibility index (Phi) is 5.02. The molecule has 0 amide bonds. The van der Waals surface area contributed by atoms with E-state index in [4.69, 9.17) is 9.15 Å². The van der Waals surface area contributed by atoms with Crippen molar-refractivity contribution in [2.75, 3.05) is 0 Å². The quantitative estimate of drug-likeness (QED) is 0.193. The normalized spacial score (nSPS) is 12.4. The molecule has 3 heterocycles. The first-order valence-corrected chi connectivity index (χ1v) is 16.7. The summed E-state index contributed by atoms with van der Waals surface area (Å²) in [6.07, 6.45) is 0. The number of para-hydroxylation sites is 1. The Bertz CT molecular complexity index is 2940. The van der Waals surface area contributed by atoms with E-state index in [0.717, 1.165) is 28.2 Å². The van der Waals surface area contributed by atoms with Crippen LogP contribution in [0.4, 0.5) is 0 Å². The van der Waals surface area contributed by atoms with E-state index in [1.165, 1.54) is 80.3 Å². The second kappa shape index (κ2) is 9.32. The van der Waals surface area contributed by atoms with Gasteiger partial charge in [-0.05, 0) is 80.4 Å². The van der Waals surface area contributed by atoms with Gasteiger partial charge in [-0.25, -0.2) is 0 Å². The Morgan fingerprint density at radius 1 is 0.383 bits per heavy atom. The first kappa shape index (κ1) is 25.3. The Morgan fingerprint density at radius 2 is 1.09 bits per heavy atom. The van der Waals surface area contributed by atoms with Crippen LogP contribution >= 0.6 is 11.3 Å². The van der Waals surface area contributed by atoms with E-state index in [-0.39, 0.29) is 0 Å². The van der Waals surface area contributed by atoms with Crippen molar-refractivity contribution >= 4 is 75.0 Å². The summed E-state index contributed by atoms with van der Waals surface area (Å²) in [6, 6.07) is 52.3. The summed E-state index contributed by atoms with van der Waals surface area (Å²) in [5, 5.41) is 9.78. The molecule has 10 aromatic rings. The molecule has 218 valence electrons. The molecule has 2 nitrogen and oxygen atoms in total. The highest BCUT2D eigenvalue weighted by atomic mass is 32.1.